The highest BCUT2D eigenvalue weighted by Gasteiger charge is 2.11. The summed E-state index contributed by atoms with van der Waals surface area (Å²) in [5.74, 6) is 0.214. The summed E-state index contributed by atoms with van der Waals surface area (Å²) >= 11 is 5.90. The van der Waals surface area contributed by atoms with Gasteiger partial charge in [-0.2, -0.15) is 0 Å². The second-order valence-electron chi connectivity index (χ2n) is 5.70. The molecule has 0 saturated heterocycles. The smallest absolute Gasteiger partial charge is 0.306 e. The molecule has 0 aliphatic carbocycles. The van der Waals surface area contributed by atoms with Crippen LogP contribution < -0.4 is 5.56 Å². The molecule has 0 atom stereocenters. The first-order valence-corrected chi connectivity index (χ1v) is 8.27. The molecule has 0 fully saturated rings. The molecule has 0 N–H and O–H groups in total. The number of nitrogens with zero attached hydrogens (tertiary/aromatic N) is 2. The second kappa shape index (κ2) is 7.49. The molecule has 0 unspecified atom stereocenters. The van der Waals surface area contributed by atoms with Crippen molar-refractivity contribution in [2.75, 3.05) is 0 Å². The molecule has 0 radical (unpaired) electrons. The van der Waals surface area contributed by atoms with Gasteiger partial charge in [-0.15, -0.1) is 0 Å². The third-order valence-electron chi connectivity index (χ3n) is 3.92. The molecular formula is C19H17ClN2O3. The standard InChI is InChI=1S/C19H17ClN2O3/c1-22-17(21-16-8-3-2-7-15(16)19(22)24)9-10-18(23)25-12-13-5-4-6-14(20)11-13/h2-8,11H,9-10,12H2,1H3. The molecule has 0 bridgehead atoms. The van der Waals surface area contributed by atoms with Crippen molar-refractivity contribution in [2.24, 2.45) is 7.05 Å². The van der Waals surface area contributed by atoms with Crippen LogP contribution in [0.3, 0.4) is 0 Å². The van der Waals surface area contributed by atoms with Crippen LogP contribution in [0.25, 0.3) is 10.9 Å². The highest BCUT2D eigenvalue weighted by molar-refractivity contribution is 6.30. The molecule has 0 aliphatic heterocycles. The van der Waals surface area contributed by atoms with Crippen molar-refractivity contribution in [1.29, 1.82) is 0 Å². The first kappa shape index (κ1) is 17.2. The molecule has 0 saturated carbocycles. The summed E-state index contributed by atoms with van der Waals surface area (Å²) < 4.78 is 6.73. The summed E-state index contributed by atoms with van der Waals surface area (Å²) in [6, 6.07) is 14.3. The van der Waals surface area contributed by atoms with Crippen molar-refractivity contribution < 1.29 is 9.53 Å². The zero-order valence-electron chi connectivity index (χ0n) is 13.7. The average Bonchev–Trinajstić information content (AvgIpc) is 2.62. The Bertz CT molecular complexity index is 982. The first-order valence-electron chi connectivity index (χ1n) is 7.89. The number of benzene rings is 2. The predicted molar refractivity (Wildman–Crippen MR) is 96.6 cm³/mol. The molecular weight excluding hydrogens is 340 g/mol. The average molecular weight is 357 g/mol. The Kier molecular flexibility index (Phi) is 5.14. The van der Waals surface area contributed by atoms with Crippen LogP contribution in [0.2, 0.25) is 5.02 Å². The molecule has 128 valence electrons. The molecule has 2 aromatic carbocycles. The number of carbonyl (C=O) groups is 1. The normalized spacial score (nSPS) is 10.8. The van der Waals surface area contributed by atoms with Crippen molar-refractivity contribution >= 4 is 28.5 Å². The van der Waals surface area contributed by atoms with Crippen molar-refractivity contribution in [2.45, 2.75) is 19.4 Å². The van der Waals surface area contributed by atoms with Gasteiger partial charge < -0.3 is 4.74 Å². The van der Waals surface area contributed by atoms with Gasteiger partial charge in [0.05, 0.1) is 17.3 Å². The van der Waals surface area contributed by atoms with Crippen LogP contribution in [0, 0.1) is 0 Å². The summed E-state index contributed by atoms with van der Waals surface area (Å²) in [5, 5.41) is 1.17. The molecule has 3 rings (SSSR count). The number of carbonyl (C=O) groups excluding carboxylic acids is 1. The monoisotopic (exact) mass is 356 g/mol. The van der Waals surface area contributed by atoms with Crippen molar-refractivity contribution in [3.63, 3.8) is 0 Å². The summed E-state index contributed by atoms with van der Waals surface area (Å²) in [6.45, 7) is 0.170. The molecule has 25 heavy (non-hydrogen) atoms. The quantitative estimate of drug-likeness (QED) is 0.658. The largest absolute Gasteiger partial charge is 0.461 e. The third kappa shape index (κ3) is 4.06. The molecule has 0 aliphatic rings. The number of esters is 1. The number of aryl methyl sites for hydroxylation is 1. The van der Waals surface area contributed by atoms with Crippen LogP contribution in [0.4, 0.5) is 0 Å². The number of para-hydroxylation sites is 1. The lowest BCUT2D eigenvalue weighted by Crippen LogP contribution is -2.23. The van der Waals surface area contributed by atoms with E-state index in [1.54, 1.807) is 43.4 Å². The number of hydrogen-bond donors (Lipinski definition) is 0. The van der Waals surface area contributed by atoms with E-state index < -0.39 is 0 Å². The summed E-state index contributed by atoms with van der Waals surface area (Å²) in [4.78, 5) is 28.8. The van der Waals surface area contributed by atoms with Crippen LogP contribution in [-0.4, -0.2) is 15.5 Å². The van der Waals surface area contributed by atoms with Gasteiger partial charge in [0, 0.05) is 18.5 Å². The third-order valence-corrected chi connectivity index (χ3v) is 4.15. The highest BCUT2D eigenvalue weighted by Crippen LogP contribution is 2.12. The van der Waals surface area contributed by atoms with Gasteiger partial charge >= 0.3 is 5.97 Å². The van der Waals surface area contributed by atoms with Gasteiger partial charge in [-0.25, -0.2) is 4.98 Å². The van der Waals surface area contributed by atoms with E-state index in [1.807, 2.05) is 12.1 Å². The lowest BCUT2D eigenvalue weighted by molar-refractivity contribution is -0.144. The lowest BCUT2D eigenvalue weighted by Gasteiger charge is -2.09. The minimum atomic E-state index is -0.345. The van der Waals surface area contributed by atoms with Gasteiger partial charge in [0.15, 0.2) is 0 Å². The summed E-state index contributed by atoms with van der Waals surface area (Å²) in [6.07, 6.45) is 0.490. The number of fused-ring (bicyclic) bond motifs is 1. The number of hydrogen-bond acceptors (Lipinski definition) is 4. The Labute approximate surface area is 149 Å². The van der Waals surface area contributed by atoms with E-state index in [0.29, 0.717) is 28.2 Å². The zero-order valence-corrected chi connectivity index (χ0v) is 14.5. The number of aromatic nitrogens is 2. The summed E-state index contributed by atoms with van der Waals surface area (Å²) in [7, 11) is 1.66. The van der Waals surface area contributed by atoms with Gasteiger partial charge in [-0.3, -0.25) is 14.2 Å². The predicted octanol–water partition coefficient (Wildman–Crippen LogP) is 3.26. The van der Waals surface area contributed by atoms with Gasteiger partial charge in [0.1, 0.15) is 12.4 Å². The second-order valence-corrected chi connectivity index (χ2v) is 6.14. The Morgan fingerprint density at radius 3 is 2.80 bits per heavy atom. The van der Waals surface area contributed by atoms with E-state index in [-0.39, 0.29) is 24.6 Å². The Morgan fingerprint density at radius 2 is 2.00 bits per heavy atom. The Morgan fingerprint density at radius 1 is 1.20 bits per heavy atom. The van der Waals surface area contributed by atoms with E-state index in [9.17, 15) is 9.59 Å². The molecule has 3 aromatic rings. The van der Waals surface area contributed by atoms with Gasteiger partial charge in [0.2, 0.25) is 0 Å². The minimum absolute atomic E-state index is 0.118. The molecule has 6 heteroatoms. The van der Waals surface area contributed by atoms with Crippen LogP contribution in [-0.2, 0) is 29.6 Å². The van der Waals surface area contributed by atoms with Crippen molar-refractivity contribution in [3.05, 3.63) is 75.3 Å². The molecule has 5 nitrogen and oxygen atoms in total. The fourth-order valence-electron chi connectivity index (χ4n) is 2.56. The number of rotatable bonds is 5. The van der Waals surface area contributed by atoms with E-state index in [4.69, 9.17) is 16.3 Å². The highest BCUT2D eigenvalue weighted by atomic mass is 35.5. The maximum absolute atomic E-state index is 12.3. The van der Waals surface area contributed by atoms with E-state index in [1.165, 1.54) is 4.57 Å². The number of halogens is 1. The van der Waals surface area contributed by atoms with E-state index in [2.05, 4.69) is 4.98 Å². The topological polar surface area (TPSA) is 61.2 Å². The van der Waals surface area contributed by atoms with Crippen LogP contribution in [0.15, 0.2) is 53.3 Å². The van der Waals surface area contributed by atoms with Crippen LogP contribution >= 0.6 is 11.6 Å². The van der Waals surface area contributed by atoms with Crippen molar-refractivity contribution in [3.8, 4) is 0 Å². The fourth-order valence-corrected chi connectivity index (χ4v) is 2.78. The van der Waals surface area contributed by atoms with Crippen LogP contribution in [0.5, 0.6) is 0 Å². The van der Waals surface area contributed by atoms with Gasteiger partial charge in [-0.1, -0.05) is 35.9 Å². The van der Waals surface area contributed by atoms with Crippen LogP contribution in [0.1, 0.15) is 17.8 Å². The van der Waals surface area contributed by atoms with Crippen molar-refractivity contribution in [1.82, 2.24) is 9.55 Å². The lowest BCUT2D eigenvalue weighted by atomic mass is 10.2. The Balaban J connectivity index is 1.65. The first-order chi connectivity index (χ1) is 12.0. The molecule has 1 heterocycles. The maximum Gasteiger partial charge on any atom is 0.306 e. The van der Waals surface area contributed by atoms with Gasteiger partial charge in [-0.05, 0) is 29.8 Å². The van der Waals surface area contributed by atoms with E-state index in [0.717, 1.165) is 5.56 Å². The SMILES string of the molecule is Cn1c(CCC(=O)OCc2cccc(Cl)c2)nc2ccccc2c1=O. The summed E-state index contributed by atoms with van der Waals surface area (Å²) in [5.41, 5.74) is 1.35. The Hall–Kier alpha value is -2.66. The maximum atomic E-state index is 12.3. The molecule has 0 amide bonds. The van der Waals surface area contributed by atoms with Gasteiger partial charge in [0.25, 0.3) is 5.56 Å². The number of ether oxygens (including phenoxy) is 1. The van der Waals surface area contributed by atoms with E-state index >= 15 is 0 Å². The molecule has 0 spiro atoms. The molecule has 1 aromatic heterocycles. The zero-order chi connectivity index (χ0) is 17.8. The minimum Gasteiger partial charge on any atom is -0.461 e. The fraction of sp³-hybridized carbons (Fsp3) is 0.211.